The zero-order valence-electron chi connectivity index (χ0n) is 10.8. The molecule has 100 valence electrons. The summed E-state index contributed by atoms with van der Waals surface area (Å²) in [6.45, 7) is 0. The molecule has 2 amide bonds. The monoisotopic (exact) mass is 259 g/mol. The highest BCUT2D eigenvalue weighted by Crippen LogP contribution is 2.47. The number of pyridine rings is 1. The lowest BCUT2D eigenvalue weighted by Crippen LogP contribution is -2.47. The van der Waals surface area contributed by atoms with Gasteiger partial charge in [-0.25, -0.2) is 9.88 Å². The molecule has 1 aromatic heterocycles. The van der Waals surface area contributed by atoms with Crippen LogP contribution in [0.15, 0.2) is 18.3 Å². The maximum absolute atomic E-state index is 12.3. The summed E-state index contributed by atoms with van der Waals surface area (Å²) in [5.74, 6) is 0.169. The second-order valence-electron chi connectivity index (χ2n) is 5.62. The predicted molar refractivity (Wildman–Crippen MR) is 71.3 cm³/mol. The SMILES string of the molecule is Nc1ccc(N2C(=O)CC3(CCCC3)CC2=O)cn1. The first-order valence-corrected chi connectivity index (χ1v) is 6.67. The third-order valence-electron chi connectivity index (χ3n) is 4.24. The van der Waals surface area contributed by atoms with Crippen molar-refractivity contribution >= 4 is 23.3 Å². The van der Waals surface area contributed by atoms with Crippen LogP contribution >= 0.6 is 0 Å². The largest absolute Gasteiger partial charge is 0.384 e. The molecule has 2 heterocycles. The average Bonchev–Trinajstić information content (AvgIpc) is 2.78. The minimum absolute atomic E-state index is 0.0636. The van der Waals surface area contributed by atoms with Gasteiger partial charge >= 0.3 is 0 Å². The molecule has 5 heteroatoms. The van der Waals surface area contributed by atoms with Crippen LogP contribution in [0.4, 0.5) is 11.5 Å². The van der Waals surface area contributed by atoms with E-state index in [0.29, 0.717) is 24.3 Å². The summed E-state index contributed by atoms with van der Waals surface area (Å²) in [7, 11) is 0. The fraction of sp³-hybridized carbons (Fsp3) is 0.500. The summed E-state index contributed by atoms with van der Waals surface area (Å²) in [5.41, 5.74) is 5.98. The molecule has 0 radical (unpaired) electrons. The Hall–Kier alpha value is -1.91. The van der Waals surface area contributed by atoms with Gasteiger partial charge in [0.1, 0.15) is 5.82 Å². The summed E-state index contributed by atoms with van der Waals surface area (Å²) in [4.78, 5) is 29.8. The number of hydrogen-bond donors (Lipinski definition) is 1. The molecule has 1 aliphatic heterocycles. The minimum Gasteiger partial charge on any atom is -0.384 e. The highest BCUT2D eigenvalue weighted by Gasteiger charge is 2.45. The standard InChI is InChI=1S/C14H17N3O2/c15-11-4-3-10(9-16-11)17-12(18)7-14(8-13(17)19)5-1-2-6-14/h3-4,9H,1-2,5-8H2,(H2,15,16). The Morgan fingerprint density at radius 2 is 1.74 bits per heavy atom. The van der Waals surface area contributed by atoms with Crippen LogP contribution in [-0.2, 0) is 9.59 Å². The number of nitrogen functional groups attached to an aromatic ring is 1. The molecule has 1 saturated heterocycles. The van der Waals surface area contributed by atoms with Crippen molar-refractivity contribution in [3.8, 4) is 0 Å². The number of anilines is 2. The van der Waals surface area contributed by atoms with E-state index < -0.39 is 0 Å². The van der Waals surface area contributed by atoms with E-state index in [2.05, 4.69) is 4.98 Å². The number of aromatic nitrogens is 1. The lowest BCUT2D eigenvalue weighted by Gasteiger charge is -2.37. The molecule has 0 aromatic carbocycles. The van der Waals surface area contributed by atoms with Gasteiger partial charge < -0.3 is 5.73 Å². The van der Waals surface area contributed by atoms with E-state index in [4.69, 9.17) is 5.73 Å². The van der Waals surface area contributed by atoms with Crippen molar-refractivity contribution in [2.24, 2.45) is 5.41 Å². The molecular weight excluding hydrogens is 242 g/mol. The van der Waals surface area contributed by atoms with E-state index in [-0.39, 0.29) is 17.2 Å². The van der Waals surface area contributed by atoms with Gasteiger partial charge in [0.25, 0.3) is 0 Å². The first-order valence-electron chi connectivity index (χ1n) is 6.67. The van der Waals surface area contributed by atoms with Crippen LogP contribution in [0.25, 0.3) is 0 Å². The van der Waals surface area contributed by atoms with Gasteiger partial charge in [-0.15, -0.1) is 0 Å². The van der Waals surface area contributed by atoms with E-state index in [1.165, 1.54) is 11.1 Å². The van der Waals surface area contributed by atoms with Crippen molar-refractivity contribution in [1.29, 1.82) is 0 Å². The van der Waals surface area contributed by atoms with Crippen molar-refractivity contribution < 1.29 is 9.59 Å². The fourth-order valence-corrected chi connectivity index (χ4v) is 3.30. The number of hydrogen-bond acceptors (Lipinski definition) is 4. The smallest absolute Gasteiger partial charge is 0.234 e. The highest BCUT2D eigenvalue weighted by atomic mass is 16.2. The van der Waals surface area contributed by atoms with Crippen LogP contribution in [0.2, 0.25) is 0 Å². The number of imide groups is 1. The van der Waals surface area contributed by atoms with Crippen LogP contribution in [0.1, 0.15) is 38.5 Å². The van der Waals surface area contributed by atoms with Crippen molar-refractivity contribution in [2.75, 3.05) is 10.6 Å². The molecule has 0 unspecified atom stereocenters. The molecule has 19 heavy (non-hydrogen) atoms. The van der Waals surface area contributed by atoms with Crippen molar-refractivity contribution in [3.05, 3.63) is 18.3 Å². The van der Waals surface area contributed by atoms with Gasteiger partial charge in [0, 0.05) is 12.8 Å². The third kappa shape index (κ3) is 2.09. The maximum atomic E-state index is 12.3. The second kappa shape index (κ2) is 4.33. The van der Waals surface area contributed by atoms with E-state index in [0.717, 1.165) is 25.7 Å². The highest BCUT2D eigenvalue weighted by molar-refractivity contribution is 6.16. The van der Waals surface area contributed by atoms with Gasteiger partial charge in [0.15, 0.2) is 0 Å². The summed E-state index contributed by atoms with van der Waals surface area (Å²) >= 11 is 0. The van der Waals surface area contributed by atoms with Crippen LogP contribution < -0.4 is 10.6 Å². The molecule has 5 nitrogen and oxygen atoms in total. The molecule has 2 aliphatic rings. The number of carbonyl (C=O) groups is 2. The Bertz CT molecular complexity index is 498. The summed E-state index contributed by atoms with van der Waals surface area (Å²) in [5, 5.41) is 0. The lowest BCUT2D eigenvalue weighted by atomic mass is 9.76. The number of nitrogens with two attached hydrogens (primary N) is 1. The van der Waals surface area contributed by atoms with Gasteiger partial charge in [-0.3, -0.25) is 9.59 Å². The first-order chi connectivity index (χ1) is 9.10. The predicted octanol–water partition coefficient (Wildman–Crippen LogP) is 1.88. The number of carbonyl (C=O) groups excluding carboxylic acids is 2. The van der Waals surface area contributed by atoms with Gasteiger partial charge in [-0.2, -0.15) is 0 Å². The minimum atomic E-state index is -0.107. The zero-order valence-corrected chi connectivity index (χ0v) is 10.8. The normalized spacial score (nSPS) is 22.2. The number of amides is 2. The Kier molecular flexibility index (Phi) is 2.77. The topological polar surface area (TPSA) is 76.3 Å². The fourth-order valence-electron chi connectivity index (χ4n) is 3.30. The van der Waals surface area contributed by atoms with Gasteiger partial charge in [0.2, 0.25) is 11.8 Å². The molecule has 1 spiro atoms. The molecule has 3 rings (SSSR count). The van der Waals surface area contributed by atoms with E-state index in [1.807, 2.05) is 0 Å². The van der Waals surface area contributed by atoms with Crippen molar-refractivity contribution in [2.45, 2.75) is 38.5 Å². The van der Waals surface area contributed by atoms with Crippen LogP contribution in [0.5, 0.6) is 0 Å². The average molecular weight is 259 g/mol. The summed E-state index contributed by atoms with van der Waals surface area (Å²) < 4.78 is 0. The zero-order chi connectivity index (χ0) is 13.5. The molecule has 1 aliphatic carbocycles. The van der Waals surface area contributed by atoms with Crippen LogP contribution in [0.3, 0.4) is 0 Å². The van der Waals surface area contributed by atoms with Crippen molar-refractivity contribution in [3.63, 3.8) is 0 Å². The van der Waals surface area contributed by atoms with Gasteiger partial charge in [0.05, 0.1) is 11.9 Å². The van der Waals surface area contributed by atoms with Crippen LogP contribution in [0, 0.1) is 5.41 Å². The van der Waals surface area contributed by atoms with Gasteiger partial charge in [-0.1, -0.05) is 12.8 Å². The Morgan fingerprint density at radius 1 is 1.11 bits per heavy atom. The molecule has 0 bridgehead atoms. The number of nitrogens with zero attached hydrogens (tertiary/aromatic N) is 2. The molecule has 2 fully saturated rings. The second-order valence-corrected chi connectivity index (χ2v) is 5.62. The maximum Gasteiger partial charge on any atom is 0.234 e. The Morgan fingerprint density at radius 3 is 2.26 bits per heavy atom. The van der Waals surface area contributed by atoms with Gasteiger partial charge in [-0.05, 0) is 30.4 Å². The molecule has 1 saturated carbocycles. The van der Waals surface area contributed by atoms with Crippen LogP contribution in [-0.4, -0.2) is 16.8 Å². The van der Waals surface area contributed by atoms with E-state index in [1.54, 1.807) is 12.1 Å². The Balaban J connectivity index is 1.86. The first kappa shape index (κ1) is 12.1. The summed E-state index contributed by atoms with van der Waals surface area (Å²) in [6.07, 6.45) is 6.69. The molecule has 0 atom stereocenters. The molecule has 2 N–H and O–H groups in total. The van der Waals surface area contributed by atoms with E-state index >= 15 is 0 Å². The third-order valence-corrected chi connectivity index (χ3v) is 4.24. The molecular formula is C14H17N3O2. The lowest BCUT2D eigenvalue weighted by molar-refractivity contribution is -0.133. The van der Waals surface area contributed by atoms with E-state index in [9.17, 15) is 9.59 Å². The molecule has 1 aromatic rings. The number of rotatable bonds is 1. The van der Waals surface area contributed by atoms with Crippen molar-refractivity contribution in [1.82, 2.24) is 4.98 Å². The quantitative estimate of drug-likeness (QED) is 0.781. The summed E-state index contributed by atoms with van der Waals surface area (Å²) in [6, 6.07) is 3.28. The Labute approximate surface area is 111 Å². The number of piperidine rings is 1.